The summed E-state index contributed by atoms with van der Waals surface area (Å²) in [6, 6.07) is 7.52. The van der Waals surface area contributed by atoms with Gasteiger partial charge in [-0.05, 0) is 30.5 Å². The van der Waals surface area contributed by atoms with E-state index < -0.39 is 0 Å². The molecular weight excluding hydrogens is 282 g/mol. The maximum atomic E-state index is 12.1. The van der Waals surface area contributed by atoms with Crippen LogP contribution in [0.25, 0.3) is 0 Å². The fourth-order valence-electron chi connectivity index (χ4n) is 2.80. The van der Waals surface area contributed by atoms with Crippen LogP contribution in [0.4, 0.5) is 0 Å². The summed E-state index contributed by atoms with van der Waals surface area (Å²) in [4.78, 5) is 25.2. The Bertz CT molecular complexity index is 533. The molecule has 2 rings (SSSR count). The number of primary amides is 1. The first-order chi connectivity index (χ1) is 10.6. The Balaban J connectivity index is 1.87. The van der Waals surface area contributed by atoms with Crippen molar-refractivity contribution < 1.29 is 14.3 Å². The molecule has 6 nitrogen and oxygen atoms in total. The monoisotopic (exact) mass is 305 g/mol. The average Bonchev–Trinajstić information content (AvgIpc) is 2.95. The van der Waals surface area contributed by atoms with Gasteiger partial charge in [0.1, 0.15) is 0 Å². The van der Waals surface area contributed by atoms with Crippen molar-refractivity contribution >= 4 is 11.8 Å². The SMILES string of the molecule is COCc1ccccc1CNC(=O)CN1CCC[C@H]1C(N)=O. The minimum Gasteiger partial charge on any atom is -0.380 e. The molecule has 1 heterocycles. The molecule has 1 aliphatic rings. The fraction of sp³-hybridized carbons (Fsp3) is 0.500. The summed E-state index contributed by atoms with van der Waals surface area (Å²) in [5, 5.41) is 2.90. The van der Waals surface area contributed by atoms with E-state index >= 15 is 0 Å². The van der Waals surface area contributed by atoms with Crippen molar-refractivity contribution in [1.29, 1.82) is 0 Å². The Labute approximate surface area is 130 Å². The predicted molar refractivity (Wildman–Crippen MR) is 82.8 cm³/mol. The molecule has 0 saturated carbocycles. The molecule has 0 spiro atoms. The van der Waals surface area contributed by atoms with Crippen LogP contribution < -0.4 is 11.1 Å². The summed E-state index contributed by atoms with van der Waals surface area (Å²) >= 11 is 0. The lowest BCUT2D eigenvalue weighted by Crippen LogP contribution is -2.45. The van der Waals surface area contributed by atoms with Crippen molar-refractivity contribution in [3.63, 3.8) is 0 Å². The number of rotatable bonds is 7. The summed E-state index contributed by atoms with van der Waals surface area (Å²) < 4.78 is 5.15. The Morgan fingerprint density at radius 2 is 2.09 bits per heavy atom. The van der Waals surface area contributed by atoms with E-state index in [0.717, 1.165) is 30.5 Å². The highest BCUT2D eigenvalue weighted by molar-refractivity contribution is 5.82. The number of carbonyl (C=O) groups is 2. The smallest absolute Gasteiger partial charge is 0.234 e. The largest absolute Gasteiger partial charge is 0.380 e. The fourth-order valence-corrected chi connectivity index (χ4v) is 2.80. The number of hydrogen-bond donors (Lipinski definition) is 2. The average molecular weight is 305 g/mol. The van der Waals surface area contributed by atoms with Crippen LogP contribution >= 0.6 is 0 Å². The van der Waals surface area contributed by atoms with E-state index in [-0.39, 0.29) is 24.4 Å². The standard InChI is InChI=1S/C16H23N3O3/c1-22-11-13-6-3-2-5-12(13)9-18-15(20)10-19-8-4-7-14(19)16(17)21/h2-3,5-6,14H,4,7-11H2,1H3,(H2,17,21)(H,18,20)/t14-/m0/s1. The molecule has 0 aromatic heterocycles. The normalized spacial score (nSPS) is 18.3. The quantitative estimate of drug-likeness (QED) is 0.763. The van der Waals surface area contributed by atoms with Crippen molar-refractivity contribution in [3.05, 3.63) is 35.4 Å². The van der Waals surface area contributed by atoms with Crippen LogP contribution in [0.5, 0.6) is 0 Å². The zero-order chi connectivity index (χ0) is 15.9. The van der Waals surface area contributed by atoms with Crippen molar-refractivity contribution in [2.24, 2.45) is 5.73 Å². The summed E-state index contributed by atoms with van der Waals surface area (Å²) in [6.45, 7) is 1.91. The molecule has 0 aliphatic carbocycles. The second-order valence-corrected chi connectivity index (χ2v) is 5.51. The second-order valence-electron chi connectivity index (χ2n) is 5.51. The molecule has 1 aromatic rings. The minimum absolute atomic E-state index is 0.0969. The lowest BCUT2D eigenvalue weighted by Gasteiger charge is -2.21. The van der Waals surface area contributed by atoms with E-state index in [0.29, 0.717) is 13.2 Å². The first kappa shape index (κ1) is 16.5. The zero-order valence-corrected chi connectivity index (χ0v) is 12.9. The van der Waals surface area contributed by atoms with Crippen LogP contribution in [-0.2, 0) is 27.5 Å². The molecule has 22 heavy (non-hydrogen) atoms. The highest BCUT2D eigenvalue weighted by Gasteiger charge is 2.30. The Kier molecular flexibility index (Phi) is 5.91. The van der Waals surface area contributed by atoms with Crippen LogP contribution in [-0.4, -0.2) is 43.0 Å². The van der Waals surface area contributed by atoms with Crippen LogP contribution in [0.3, 0.4) is 0 Å². The molecule has 3 N–H and O–H groups in total. The number of nitrogens with two attached hydrogens (primary N) is 1. The predicted octanol–water partition coefficient (Wildman–Crippen LogP) is 0.399. The maximum Gasteiger partial charge on any atom is 0.234 e. The molecule has 1 aliphatic heterocycles. The third kappa shape index (κ3) is 4.29. The maximum absolute atomic E-state index is 12.1. The van der Waals surface area contributed by atoms with Gasteiger partial charge in [-0.15, -0.1) is 0 Å². The van der Waals surface area contributed by atoms with Gasteiger partial charge in [0.25, 0.3) is 0 Å². The van der Waals surface area contributed by atoms with E-state index in [1.54, 1.807) is 7.11 Å². The summed E-state index contributed by atoms with van der Waals surface area (Å²) in [7, 11) is 1.65. The Morgan fingerprint density at radius 1 is 1.36 bits per heavy atom. The molecule has 0 unspecified atom stereocenters. The first-order valence-corrected chi connectivity index (χ1v) is 7.47. The number of methoxy groups -OCH3 is 1. The van der Waals surface area contributed by atoms with E-state index in [1.165, 1.54) is 0 Å². The molecule has 0 radical (unpaired) electrons. The van der Waals surface area contributed by atoms with Crippen molar-refractivity contribution in [1.82, 2.24) is 10.2 Å². The molecule has 1 atom stereocenters. The van der Waals surface area contributed by atoms with Crippen molar-refractivity contribution in [2.75, 3.05) is 20.2 Å². The van der Waals surface area contributed by atoms with Gasteiger partial charge in [-0.2, -0.15) is 0 Å². The van der Waals surface area contributed by atoms with Crippen LogP contribution in [0.2, 0.25) is 0 Å². The molecule has 1 fully saturated rings. The number of likely N-dealkylation sites (tertiary alicyclic amines) is 1. The number of nitrogens with zero attached hydrogens (tertiary/aromatic N) is 1. The third-order valence-corrected chi connectivity index (χ3v) is 3.93. The van der Waals surface area contributed by atoms with Crippen LogP contribution in [0.1, 0.15) is 24.0 Å². The van der Waals surface area contributed by atoms with Gasteiger partial charge in [0.15, 0.2) is 0 Å². The summed E-state index contributed by atoms with van der Waals surface area (Å²) in [5.41, 5.74) is 7.45. The van der Waals surface area contributed by atoms with Crippen molar-refractivity contribution in [3.8, 4) is 0 Å². The molecule has 6 heteroatoms. The van der Waals surface area contributed by atoms with Gasteiger partial charge in [0, 0.05) is 13.7 Å². The summed E-state index contributed by atoms with van der Waals surface area (Å²) in [6.07, 6.45) is 1.64. The highest BCUT2D eigenvalue weighted by atomic mass is 16.5. The van der Waals surface area contributed by atoms with Gasteiger partial charge >= 0.3 is 0 Å². The molecule has 0 bridgehead atoms. The number of carbonyl (C=O) groups excluding carboxylic acids is 2. The van der Waals surface area contributed by atoms with Gasteiger partial charge in [-0.1, -0.05) is 24.3 Å². The molecule has 1 aromatic carbocycles. The van der Waals surface area contributed by atoms with Gasteiger partial charge in [0.05, 0.1) is 19.2 Å². The van der Waals surface area contributed by atoms with E-state index in [1.807, 2.05) is 29.2 Å². The number of amides is 2. The number of hydrogen-bond acceptors (Lipinski definition) is 4. The van der Waals surface area contributed by atoms with Crippen molar-refractivity contribution in [2.45, 2.75) is 32.0 Å². The van der Waals surface area contributed by atoms with Gasteiger partial charge in [0.2, 0.25) is 11.8 Å². The Hall–Kier alpha value is -1.92. The molecular formula is C16H23N3O3. The zero-order valence-electron chi connectivity index (χ0n) is 12.9. The topological polar surface area (TPSA) is 84.7 Å². The number of ether oxygens (including phenoxy) is 1. The van der Waals surface area contributed by atoms with E-state index in [4.69, 9.17) is 10.5 Å². The van der Waals surface area contributed by atoms with E-state index in [2.05, 4.69) is 5.32 Å². The first-order valence-electron chi connectivity index (χ1n) is 7.47. The third-order valence-electron chi connectivity index (χ3n) is 3.93. The molecule has 2 amide bonds. The summed E-state index contributed by atoms with van der Waals surface area (Å²) in [5.74, 6) is -0.448. The molecule has 1 saturated heterocycles. The number of benzene rings is 1. The van der Waals surface area contributed by atoms with Gasteiger partial charge < -0.3 is 15.8 Å². The second kappa shape index (κ2) is 7.91. The Morgan fingerprint density at radius 3 is 2.77 bits per heavy atom. The number of nitrogens with one attached hydrogen (secondary N) is 1. The minimum atomic E-state index is -0.351. The lowest BCUT2D eigenvalue weighted by atomic mass is 10.1. The van der Waals surface area contributed by atoms with Crippen LogP contribution in [0.15, 0.2) is 24.3 Å². The van der Waals surface area contributed by atoms with Crippen LogP contribution in [0, 0.1) is 0 Å². The van der Waals surface area contributed by atoms with Gasteiger partial charge in [-0.25, -0.2) is 0 Å². The molecule has 120 valence electrons. The van der Waals surface area contributed by atoms with Gasteiger partial charge in [-0.3, -0.25) is 14.5 Å². The van der Waals surface area contributed by atoms with E-state index in [9.17, 15) is 9.59 Å². The lowest BCUT2D eigenvalue weighted by molar-refractivity contribution is -0.125. The highest BCUT2D eigenvalue weighted by Crippen LogP contribution is 2.16.